The molecule has 0 saturated carbocycles. The number of ether oxygens (including phenoxy) is 2. The molecule has 0 saturated heterocycles. The van der Waals surface area contributed by atoms with Gasteiger partial charge in [0.1, 0.15) is 0 Å². The number of benzene rings is 2. The van der Waals surface area contributed by atoms with Crippen molar-refractivity contribution >= 4 is 17.6 Å². The summed E-state index contributed by atoms with van der Waals surface area (Å²) < 4.78 is 10.8. The van der Waals surface area contributed by atoms with Crippen LogP contribution in [0.4, 0.5) is 4.79 Å². The highest BCUT2D eigenvalue weighted by molar-refractivity contribution is 6.30. The van der Waals surface area contributed by atoms with Crippen molar-refractivity contribution < 1.29 is 14.3 Å². The number of nitrogens with one attached hydrogen (secondary N) is 1. The summed E-state index contributed by atoms with van der Waals surface area (Å²) in [5.41, 5.74) is 3.17. The average Bonchev–Trinajstić information content (AvgIpc) is 2.70. The number of carbonyl (C=O) groups excluding carboxylic acids is 1. The summed E-state index contributed by atoms with van der Waals surface area (Å²) in [4.78, 5) is 14.6. The summed E-state index contributed by atoms with van der Waals surface area (Å²) >= 11 is 6.11. The van der Waals surface area contributed by atoms with Crippen molar-refractivity contribution in [1.29, 1.82) is 0 Å². The molecule has 5 nitrogen and oxygen atoms in total. The monoisotopic (exact) mass is 402 g/mol. The van der Waals surface area contributed by atoms with Crippen molar-refractivity contribution in [2.24, 2.45) is 0 Å². The first-order valence-corrected chi connectivity index (χ1v) is 9.74. The molecule has 1 aliphatic heterocycles. The Balaban J connectivity index is 1.66. The van der Waals surface area contributed by atoms with E-state index in [4.69, 9.17) is 21.1 Å². The van der Waals surface area contributed by atoms with Crippen molar-refractivity contribution in [3.05, 3.63) is 58.1 Å². The van der Waals surface area contributed by atoms with Gasteiger partial charge in [-0.15, -0.1) is 0 Å². The maximum absolute atomic E-state index is 12.8. The Morgan fingerprint density at radius 2 is 1.82 bits per heavy atom. The molecular formula is C22H27ClN2O3. The van der Waals surface area contributed by atoms with Crippen LogP contribution in [0.5, 0.6) is 11.5 Å². The number of fused-ring (bicyclic) bond motifs is 1. The zero-order valence-corrected chi connectivity index (χ0v) is 17.6. The zero-order chi connectivity index (χ0) is 20.3. The fraction of sp³-hybridized carbons (Fsp3) is 0.409. The fourth-order valence-electron chi connectivity index (χ4n) is 3.48. The molecule has 2 aromatic carbocycles. The quantitative estimate of drug-likeness (QED) is 0.806. The lowest BCUT2D eigenvalue weighted by Gasteiger charge is -2.32. The fourth-order valence-corrected chi connectivity index (χ4v) is 3.67. The van der Waals surface area contributed by atoms with Crippen LogP contribution in [0.1, 0.15) is 30.5 Å². The van der Waals surface area contributed by atoms with E-state index in [1.807, 2.05) is 41.3 Å². The molecule has 0 spiro atoms. The van der Waals surface area contributed by atoms with E-state index in [9.17, 15) is 4.79 Å². The van der Waals surface area contributed by atoms with E-state index >= 15 is 0 Å². The van der Waals surface area contributed by atoms with Crippen molar-refractivity contribution in [2.45, 2.75) is 32.2 Å². The Bertz CT molecular complexity index is 867. The van der Waals surface area contributed by atoms with Gasteiger partial charge in [0, 0.05) is 30.1 Å². The normalized spacial score (nSPS) is 13.7. The smallest absolute Gasteiger partial charge is 0.317 e. The van der Waals surface area contributed by atoms with Crippen molar-refractivity contribution in [3.8, 4) is 11.5 Å². The van der Waals surface area contributed by atoms with Gasteiger partial charge in [0.25, 0.3) is 0 Å². The Kier molecular flexibility index (Phi) is 6.04. The lowest BCUT2D eigenvalue weighted by atomic mass is 9.84. The SMILES string of the molecule is COc1cc2c(cc1OC)CN(C(=O)NCC(C)(C)c1cccc(Cl)c1)CC2. The van der Waals surface area contributed by atoms with Crippen LogP contribution in [0.15, 0.2) is 36.4 Å². The van der Waals surface area contributed by atoms with Gasteiger partial charge in [0.15, 0.2) is 11.5 Å². The predicted molar refractivity (Wildman–Crippen MR) is 112 cm³/mol. The molecule has 3 rings (SSSR count). The van der Waals surface area contributed by atoms with Crippen LogP contribution in [-0.4, -0.2) is 38.2 Å². The third kappa shape index (κ3) is 4.36. The summed E-state index contributed by atoms with van der Waals surface area (Å²) in [5, 5.41) is 3.78. The number of nitrogens with zero attached hydrogens (tertiary/aromatic N) is 1. The molecule has 0 fully saturated rings. The Morgan fingerprint density at radius 3 is 2.46 bits per heavy atom. The Labute approximate surface area is 171 Å². The minimum absolute atomic E-state index is 0.0597. The molecule has 1 N–H and O–H groups in total. The largest absolute Gasteiger partial charge is 0.493 e. The minimum atomic E-state index is -0.217. The van der Waals surface area contributed by atoms with Gasteiger partial charge in [-0.2, -0.15) is 0 Å². The molecule has 0 unspecified atom stereocenters. The number of urea groups is 1. The average molecular weight is 403 g/mol. The van der Waals surface area contributed by atoms with Gasteiger partial charge in [-0.25, -0.2) is 4.79 Å². The zero-order valence-electron chi connectivity index (χ0n) is 16.8. The van der Waals surface area contributed by atoms with Crippen LogP contribution >= 0.6 is 11.6 Å². The molecule has 28 heavy (non-hydrogen) atoms. The molecule has 0 atom stereocenters. The standard InChI is InChI=1S/C22H27ClN2O3/c1-22(2,17-6-5-7-18(23)12-17)14-24-21(26)25-9-8-15-10-19(27-3)20(28-4)11-16(15)13-25/h5-7,10-12H,8-9,13-14H2,1-4H3,(H,24,26). The Hall–Kier alpha value is -2.40. The molecule has 2 amide bonds. The lowest BCUT2D eigenvalue weighted by molar-refractivity contribution is 0.190. The second-order valence-electron chi connectivity index (χ2n) is 7.70. The van der Waals surface area contributed by atoms with Crippen LogP contribution in [0.2, 0.25) is 5.02 Å². The van der Waals surface area contributed by atoms with E-state index in [1.165, 1.54) is 5.56 Å². The molecular weight excluding hydrogens is 376 g/mol. The van der Waals surface area contributed by atoms with Crippen molar-refractivity contribution in [3.63, 3.8) is 0 Å². The summed E-state index contributed by atoms with van der Waals surface area (Å²) in [6.45, 7) is 5.95. The van der Waals surface area contributed by atoms with Gasteiger partial charge in [-0.05, 0) is 47.4 Å². The summed E-state index contributed by atoms with van der Waals surface area (Å²) in [7, 11) is 3.25. The van der Waals surface area contributed by atoms with Crippen molar-refractivity contribution in [2.75, 3.05) is 27.3 Å². The van der Waals surface area contributed by atoms with Gasteiger partial charge >= 0.3 is 6.03 Å². The van der Waals surface area contributed by atoms with Crippen LogP contribution in [0.3, 0.4) is 0 Å². The molecule has 1 heterocycles. The predicted octanol–water partition coefficient (Wildman–Crippen LogP) is 4.40. The first kappa shape index (κ1) is 20.3. The van der Waals surface area contributed by atoms with Crippen LogP contribution in [0.25, 0.3) is 0 Å². The Morgan fingerprint density at radius 1 is 1.14 bits per heavy atom. The number of rotatable bonds is 5. The van der Waals surface area contributed by atoms with Gasteiger partial charge in [-0.1, -0.05) is 37.6 Å². The number of carbonyl (C=O) groups is 1. The van der Waals surface area contributed by atoms with Crippen LogP contribution in [0, 0.1) is 0 Å². The molecule has 150 valence electrons. The summed E-state index contributed by atoms with van der Waals surface area (Å²) in [6.07, 6.45) is 0.792. The molecule has 6 heteroatoms. The van der Waals surface area contributed by atoms with E-state index in [-0.39, 0.29) is 11.4 Å². The number of methoxy groups -OCH3 is 2. The minimum Gasteiger partial charge on any atom is -0.493 e. The molecule has 0 aliphatic carbocycles. The molecule has 0 bridgehead atoms. The molecule has 2 aromatic rings. The topological polar surface area (TPSA) is 50.8 Å². The first-order chi connectivity index (χ1) is 13.3. The second-order valence-corrected chi connectivity index (χ2v) is 8.14. The number of halogens is 1. The number of hydrogen-bond donors (Lipinski definition) is 1. The van der Waals surface area contributed by atoms with Crippen LogP contribution < -0.4 is 14.8 Å². The maximum Gasteiger partial charge on any atom is 0.317 e. The molecule has 0 radical (unpaired) electrons. The first-order valence-electron chi connectivity index (χ1n) is 9.36. The highest BCUT2D eigenvalue weighted by Crippen LogP contribution is 2.33. The van der Waals surface area contributed by atoms with E-state index in [0.717, 1.165) is 23.3 Å². The van der Waals surface area contributed by atoms with Gasteiger partial charge in [0.2, 0.25) is 0 Å². The lowest BCUT2D eigenvalue weighted by Crippen LogP contribution is -2.46. The van der Waals surface area contributed by atoms with E-state index in [0.29, 0.717) is 30.4 Å². The van der Waals surface area contributed by atoms with E-state index < -0.39 is 0 Å². The highest BCUT2D eigenvalue weighted by atomic mass is 35.5. The van der Waals surface area contributed by atoms with Gasteiger partial charge < -0.3 is 19.7 Å². The van der Waals surface area contributed by atoms with Gasteiger partial charge in [-0.3, -0.25) is 0 Å². The van der Waals surface area contributed by atoms with Gasteiger partial charge in [0.05, 0.1) is 14.2 Å². The van der Waals surface area contributed by atoms with Crippen LogP contribution in [-0.2, 0) is 18.4 Å². The van der Waals surface area contributed by atoms with E-state index in [1.54, 1.807) is 14.2 Å². The summed E-state index contributed by atoms with van der Waals surface area (Å²) in [5.74, 6) is 1.41. The third-order valence-electron chi connectivity index (χ3n) is 5.29. The second kappa shape index (κ2) is 8.31. The molecule has 0 aromatic heterocycles. The maximum atomic E-state index is 12.8. The summed E-state index contributed by atoms with van der Waals surface area (Å²) in [6, 6.07) is 11.7. The highest BCUT2D eigenvalue weighted by Gasteiger charge is 2.26. The van der Waals surface area contributed by atoms with E-state index in [2.05, 4.69) is 19.2 Å². The molecule has 1 aliphatic rings. The third-order valence-corrected chi connectivity index (χ3v) is 5.53. The van der Waals surface area contributed by atoms with Crippen molar-refractivity contribution in [1.82, 2.24) is 10.2 Å². The number of hydrogen-bond acceptors (Lipinski definition) is 3. The number of amides is 2.